The highest BCUT2D eigenvalue weighted by molar-refractivity contribution is 14.0. The first kappa shape index (κ1) is 22.6. The summed E-state index contributed by atoms with van der Waals surface area (Å²) < 4.78 is 16.8. The van der Waals surface area contributed by atoms with Crippen molar-refractivity contribution in [3.05, 3.63) is 23.8 Å². The molecule has 28 heavy (non-hydrogen) atoms. The Morgan fingerprint density at radius 2 is 2.14 bits per heavy atom. The van der Waals surface area contributed by atoms with Crippen LogP contribution in [0.4, 0.5) is 0 Å². The molecule has 1 fully saturated rings. The number of hydrogen-bond acceptors (Lipinski definition) is 5. The van der Waals surface area contributed by atoms with Crippen molar-refractivity contribution in [2.45, 2.75) is 32.7 Å². The zero-order valence-electron chi connectivity index (χ0n) is 16.6. The minimum atomic E-state index is -0.114. The zero-order valence-corrected chi connectivity index (χ0v) is 18.9. The highest BCUT2D eigenvalue weighted by Gasteiger charge is 2.28. The summed E-state index contributed by atoms with van der Waals surface area (Å²) in [5, 5.41) is 3.41. The van der Waals surface area contributed by atoms with Crippen LogP contribution in [0.25, 0.3) is 0 Å². The first-order chi connectivity index (χ1) is 13.2. The second-order valence-electron chi connectivity index (χ2n) is 6.73. The van der Waals surface area contributed by atoms with E-state index in [0.717, 1.165) is 48.8 Å². The lowest BCUT2D eigenvalue weighted by atomic mass is 9.98. The quantitative estimate of drug-likeness (QED) is 0.295. The van der Waals surface area contributed by atoms with E-state index in [9.17, 15) is 4.79 Å². The van der Waals surface area contributed by atoms with Gasteiger partial charge in [-0.1, -0.05) is 12.1 Å². The van der Waals surface area contributed by atoms with Crippen LogP contribution in [0.5, 0.6) is 11.5 Å². The van der Waals surface area contributed by atoms with Crippen LogP contribution in [-0.4, -0.2) is 56.8 Å². The highest BCUT2D eigenvalue weighted by Crippen LogP contribution is 2.33. The van der Waals surface area contributed by atoms with Gasteiger partial charge in [-0.2, -0.15) is 0 Å². The molecule has 1 atom stereocenters. The number of piperidine rings is 1. The fourth-order valence-corrected chi connectivity index (χ4v) is 3.52. The zero-order chi connectivity index (χ0) is 19.1. The highest BCUT2D eigenvalue weighted by atomic mass is 127. The normalized spacial score (nSPS) is 19.3. The molecule has 8 heteroatoms. The van der Waals surface area contributed by atoms with Crippen LogP contribution in [0.2, 0.25) is 0 Å². The molecule has 156 valence electrons. The Morgan fingerprint density at radius 3 is 2.93 bits per heavy atom. The van der Waals surface area contributed by atoms with Gasteiger partial charge in [0.05, 0.1) is 25.7 Å². The Morgan fingerprint density at radius 1 is 1.32 bits per heavy atom. The summed E-state index contributed by atoms with van der Waals surface area (Å²) in [5.41, 5.74) is 1.04. The average Bonchev–Trinajstić information content (AvgIpc) is 2.95. The standard InChI is InChI=1S/C20H29N3O4.HI/c1-3-25-19(24)16-8-5-10-23(14-16)20(21-2)22-13-15-7-4-9-17-18(15)27-12-6-11-26-17;/h4,7,9,16H,3,5-6,8,10-14H2,1-2H3,(H,21,22);1H/t16-;/m1./s1. The van der Waals surface area contributed by atoms with Crippen molar-refractivity contribution >= 4 is 35.9 Å². The lowest BCUT2D eigenvalue weighted by molar-refractivity contribution is -0.149. The number of nitrogens with one attached hydrogen (secondary N) is 1. The van der Waals surface area contributed by atoms with Crippen LogP contribution in [0.1, 0.15) is 31.7 Å². The number of halogens is 1. The summed E-state index contributed by atoms with van der Waals surface area (Å²) in [7, 11) is 1.77. The van der Waals surface area contributed by atoms with Crippen molar-refractivity contribution in [1.29, 1.82) is 0 Å². The number of nitrogens with zero attached hydrogens (tertiary/aromatic N) is 2. The average molecular weight is 503 g/mol. The smallest absolute Gasteiger partial charge is 0.310 e. The number of fused-ring (bicyclic) bond motifs is 1. The maximum atomic E-state index is 12.1. The number of ether oxygens (including phenoxy) is 3. The van der Waals surface area contributed by atoms with Gasteiger partial charge in [-0.3, -0.25) is 9.79 Å². The number of para-hydroxylation sites is 1. The van der Waals surface area contributed by atoms with Gasteiger partial charge in [0.1, 0.15) is 0 Å². The molecule has 1 aromatic carbocycles. The molecule has 2 aliphatic rings. The Kier molecular flexibility index (Phi) is 9.14. The van der Waals surface area contributed by atoms with Crippen molar-refractivity contribution in [1.82, 2.24) is 10.2 Å². The Labute approximate surface area is 183 Å². The van der Waals surface area contributed by atoms with E-state index in [2.05, 4.69) is 15.2 Å². The van der Waals surface area contributed by atoms with E-state index in [1.165, 1.54) is 0 Å². The van der Waals surface area contributed by atoms with Crippen molar-refractivity contribution in [3.63, 3.8) is 0 Å². The molecule has 0 amide bonds. The third-order valence-corrected chi connectivity index (χ3v) is 4.84. The lowest BCUT2D eigenvalue weighted by Gasteiger charge is -2.34. The van der Waals surface area contributed by atoms with E-state index in [4.69, 9.17) is 14.2 Å². The van der Waals surface area contributed by atoms with Crippen LogP contribution in [0.3, 0.4) is 0 Å². The minimum Gasteiger partial charge on any atom is -0.490 e. The molecule has 3 rings (SSSR count). The Balaban J connectivity index is 0.00000280. The molecule has 0 radical (unpaired) electrons. The summed E-state index contributed by atoms with van der Waals surface area (Å²) >= 11 is 0. The second-order valence-corrected chi connectivity index (χ2v) is 6.73. The monoisotopic (exact) mass is 503 g/mol. The molecule has 0 spiro atoms. The van der Waals surface area contributed by atoms with Gasteiger partial charge in [0.15, 0.2) is 17.5 Å². The van der Waals surface area contributed by atoms with Crippen molar-refractivity contribution in [2.24, 2.45) is 10.9 Å². The molecule has 2 aliphatic heterocycles. The largest absolute Gasteiger partial charge is 0.490 e. The van der Waals surface area contributed by atoms with Crippen LogP contribution < -0.4 is 14.8 Å². The second kappa shape index (κ2) is 11.3. The van der Waals surface area contributed by atoms with E-state index >= 15 is 0 Å². The SMILES string of the molecule is CCOC(=O)[C@@H]1CCCN(C(=NC)NCc2cccc3c2OCCCO3)C1.I. The Hall–Kier alpha value is -1.71. The summed E-state index contributed by atoms with van der Waals surface area (Å²) in [5.74, 6) is 2.18. The van der Waals surface area contributed by atoms with E-state index in [1.807, 2.05) is 25.1 Å². The van der Waals surface area contributed by atoms with Gasteiger partial charge in [0.25, 0.3) is 0 Å². The van der Waals surface area contributed by atoms with Crippen molar-refractivity contribution < 1.29 is 19.0 Å². The molecule has 0 unspecified atom stereocenters. The van der Waals surface area contributed by atoms with Crippen LogP contribution in [0, 0.1) is 5.92 Å². The van der Waals surface area contributed by atoms with Gasteiger partial charge in [0.2, 0.25) is 0 Å². The molecule has 1 saturated heterocycles. The molecule has 7 nitrogen and oxygen atoms in total. The molecular formula is C20H30IN3O4. The molecule has 0 aromatic heterocycles. The molecule has 0 aliphatic carbocycles. The molecule has 0 bridgehead atoms. The van der Waals surface area contributed by atoms with Gasteiger partial charge in [-0.05, 0) is 25.8 Å². The lowest BCUT2D eigenvalue weighted by Crippen LogP contribution is -2.48. The Bertz CT molecular complexity index is 683. The summed E-state index contributed by atoms with van der Waals surface area (Å²) in [6.07, 6.45) is 2.69. The fourth-order valence-electron chi connectivity index (χ4n) is 3.52. The predicted molar refractivity (Wildman–Crippen MR) is 119 cm³/mol. The first-order valence-electron chi connectivity index (χ1n) is 9.72. The first-order valence-corrected chi connectivity index (χ1v) is 9.72. The van der Waals surface area contributed by atoms with Crippen LogP contribution in [-0.2, 0) is 16.1 Å². The predicted octanol–water partition coefficient (Wildman–Crippen LogP) is 2.82. The number of carbonyl (C=O) groups is 1. The summed E-state index contributed by atoms with van der Waals surface area (Å²) in [6.45, 7) is 5.69. The van der Waals surface area contributed by atoms with E-state index in [-0.39, 0.29) is 35.9 Å². The summed E-state index contributed by atoms with van der Waals surface area (Å²) in [6, 6.07) is 5.95. The molecule has 2 heterocycles. The van der Waals surface area contributed by atoms with Gasteiger partial charge in [0, 0.05) is 38.7 Å². The topological polar surface area (TPSA) is 72.4 Å². The van der Waals surface area contributed by atoms with Gasteiger partial charge in [-0.25, -0.2) is 0 Å². The molecular weight excluding hydrogens is 473 g/mol. The number of rotatable bonds is 4. The third-order valence-electron chi connectivity index (χ3n) is 4.84. The van der Waals surface area contributed by atoms with Crippen molar-refractivity contribution in [3.8, 4) is 11.5 Å². The fraction of sp³-hybridized carbons (Fsp3) is 0.600. The molecule has 1 N–H and O–H groups in total. The minimum absolute atomic E-state index is 0. The maximum absolute atomic E-state index is 12.1. The summed E-state index contributed by atoms with van der Waals surface area (Å²) in [4.78, 5) is 18.6. The molecule has 1 aromatic rings. The molecule has 0 saturated carbocycles. The van der Waals surface area contributed by atoms with E-state index in [0.29, 0.717) is 32.9 Å². The van der Waals surface area contributed by atoms with Gasteiger partial charge < -0.3 is 24.4 Å². The van der Waals surface area contributed by atoms with Gasteiger partial charge >= 0.3 is 5.97 Å². The third kappa shape index (κ3) is 5.65. The number of esters is 1. The van der Waals surface area contributed by atoms with Crippen LogP contribution >= 0.6 is 24.0 Å². The number of likely N-dealkylation sites (tertiary alicyclic amines) is 1. The van der Waals surface area contributed by atoms with Gasteiger partial charge in [-0.15, -0.1) is 24.0 Å². The number of guanidine groups is 1. The maximum Gasteiger partial charge on any atom is 0.310 e. The van der Waals surface area contributed by atoms with Crippen molar-refractivity contribution in [2.75, 3.05) is 40.0 Å². The number of hydrogen-bond donors (Lipinski definition) is 1. The number of aliphatic imine (C=N–C) groups is 1. The number of benzene rings is 1. The van der Waals surface area contributed by atoms with E-state index < -0.39 is 0 Å². The number of carbonyl (C=O) groups excluding carboxylic acids is 1. The van der Waals surface area contributed by atoms with Crippen LogP contribution in [0.15, 0.2) is 23.2 Å². The van der Waals surface area contributed by atoms with E-state index in [1.54, 1.807) is 7.05 Å².